The fourth-order valence-electron chi connectivity index (χ4n) is 4.99. The first-order valence-electron chi connectivity index (χ1n) is 11.5. The van der Waals surface area contributed by atoms with Gasteiger partial charge in [0.15, 0.2) is 0 Å². The van der Waals surface area contributed by atoms with Gasteiger partial charge in [-0.15, -0.1) is 0 Å². The molecule has 0 spiro atoms. The van der Waals surface area contributed by atoms with Gasteiger partial charge in [-0.05, 0) is 59.5 Å². The first-order valence-corrected chi connectivity index (χ1v) is 12.3. The van der Waals surface area contributed by atoms with Gasteiger partial charge in [-0.1, -0.05) is 94.9 Å². The molecule has 0 amide bonds. The molecule has 0 aliphatic heterocycles. The number of halogens is 1. The summed E-state index contributed by atoms with van der Waals surface area (Å²) in [5.74, 6) is 0.441. The SMILES string of the molecule is Brc1ccc(C2C=CC(c3ccc4c(c3)c3ccccc3n4C3=CC=CC=CC3)=CC2)cc1. The fraction of sp³-hybridized carbons (Fsp3) is 0.0968. The second-order valence-electron chi connectivity index (χ2n) is 8.67. The Labute approximate surface area is 202 Å². The van der Waals surface area contributed by atoms with Crippen LogP contribution in [0.4, 0.5) is 0 Å². The van der Waals surface area contributed by atoms with Gasteiger partial charge in [0.1, 0.15) is 0 Å². The van der Waals surface area contributed by atoms with Crippen LogP contribution in [0.1, 0.15) is 29.9 Å². The Hall–Kier alpha value is -3.36. The van der Waals surface area contributed by atoms with Crippen molar-refractivity contribution in [3.63, 3.8) is 0 Å². The molecule has 33 heavy (non-hydrogen) atoms. The lowest BCUT2D eigenvalue weighted by atomic mass is 9.88. The molecule has 1 nitrogen and oxygen atoms in total. The van der Waals surface area contributed by atoms with Crippen molar-refractivity contribution in [1.82, 2.24) is 4.57 Å². The van der Waals surface area contributed by atoms with Gasteiger partial charge in [-0.2, -0.15) is 0 Å². The molecule has 0 saturated carbocycles. The number of aromatic nitrogens is 1. The van der Waals surface area contributed by atoms with E-state index in [0.29, 0.717) is 5.92 Å². The number of para-hydroxylation sites is 1. The monoisotopic (exact) mass is 489 g/mol. The molecule has 2 aliphatic carbocycles. The topological polar surface area (TPSA) is 4.93 Å². The van der Waals surface area contributed by atoms with Crippen molar-refractivity contribution in [2.45, 2.75) is 18.8 Å². The van der Waals surface area contributed by atoms with Gasteiger partial charge in [-0.3, -0.25) is 0 Å². The molecule has 3 aromatic carbocycles. The maximum atomic E-state index is 3.54. The number of hydrogen-bond donors (Lipinski definition) is 0. The van der Waals surface area contributed by atoms with Gasteiger partial charge in [0, 0.05) is 33.3 Å². The Morgan fingerprint density at radius 3 is 2.52 bits per heavy atom. The number of fused-ring (bicyclic) bond motifs is 3. The van der Waals surface area contributed by atoms with Crippen LogP contribution in [0.25, 0.3) is 33.1 Å². The molecule has 1 atom stereocenters. The van der Waals surface area contributed by atoms with E-state index in [1.165, 1.54) is 44.2 Å². The first-order chi connectivity index (χ1) is 16.3. The fourth-order valence-corrected chi connectivity index (χ4v) is 5.25. The standard InChI is InChI=1S/C31H24BrN/c32-26-18-15-23(16-19-26)22-11-13-24(14-12-22)25-17-20-31-29(21-25)28-9-5-6-10-30(28)33(31)27-7-3-1-2-4-8-27/h1-7,9-11,13-22H,8,12H2. The van der Waals surface area contributed by atoms with E-state index in [9.17, 15) is 0 Å². The lowest BCUT2D eigenvalue weighted by Crippen LogP contribution is -1.99. The molecule has 1 aromatic heterocycles. The van der Waals surface area contributed by atoms with Crippen molar-refractivity contribution in [2.75, 3.05) is 0 Å². The van der Waals surface area contributed by atoms with Crippen molar-refractivity contribution < 1.29 is 0 Å². The molecule has 160 valence electrons. The molecule has 0 radical (unpaired) electrons. The molecule has 0 N–H and O–H groups in total. The van der Waals surface area contributed by atoms with Gasteiger partial charge in [0.25, 0.3) is 0 Å². The van der Waals surface area contributed by atoms with Gasteiger partial charge in [-0.25, -0.2) is 0 Å². The van der Waals surface area contributed by atoms with Gasteiger partial charge >= 0.3 is 0 Å². The zero-order valence-electron chi connectivity index (χ0n) is 18.3. The van der Waals surface area contributed by atoms with Crippen molar-refractivity contribution in [2.24, 2.45) is 0 Å². The lowest BCUT2D eigenvalue weighted by Gasteiger charge is -2.17. The van der Waals surface area contributed by atoms with E-state index >= 15 is 0 Å². The predicted octanol–water partition coefficient (Wildman–Crippen LogP) is 9.04. The normalized spacial score (nSPS) is 17.9. The summed E-state index contributed by atoms with van der Waals surface area (Å²) >= 11 is 3.54. The van der Waals surface area contributed by atoms with Gasteiger partial charge in [0.2, 0.25) is 0 Å². The summed E-state index contributed by atoms with van der Waals surface area (Å²) in [7, 11) is 0. The van der Waals surface area contributed by atoms with Crippen LogP contribution in [0.5, 0.6) is 0 Å². The highest BCUT2D eigenvalue weighted by molar-refractivity contribution is 9.10. The van der Waals surface area contributed by atoms with Crippen LogP contribution in [0.3, 0.4) is 0 Å². The largest absolute Gasteiger partial charge is 0.313 e. The van der Waals surface area contributed by atoms with E-state index in [0.717, 1.165) is 17.3 Å². The predicted molar refractivity (Wildman–Crippen MR) is 145 cm³/mol. The Morgan fingerprint density at radius 1 is 0.818 bits per heavy atom. The van der Waals surface area contributed by atoms with Gasteiger partial charge in [0.05, 0.1) is 11.0 Å². The number of nitrogens with zero attached hydrogens (tertiary/aromatic N) is 1. The average Bonchev–Trinajstić information content (AvgIpc) is 2.99. The molecular formula is C31H24BrN. The molecule has 6 rings (SSSR count). The number of rotatable bonds is 3. The molecule has 1 heterocycles. The summed E-state index contributed by atoms with van der Waals surface area (Å²) < 4.78 is 3.55. The molecule has 2 heteroatoms. The Morgan fingerprint density at radius 2 is 1.67 bits per heavy atom. The molecule has 0 fully saturated rings. The smallest absolute Gasteiger partial charge is 0.0538 e. The van der Waals surface area contributed by atoms with Crippen molar-refractivity contribution >= 4 is 49.0 Å². The first kappa shape index (κ1) is 20.3. The summed E-state index contributed by atoms with van der Waals surface area (Å²) in [4.78, 5) is 0. The minimum Gasteiger partial charge on any atom is -0.313 e. The van der Waals surface area contributed by atoms with Crippen LogP contribution >= 0.6 is 15.9 Å². The highest BCUT2D eigenvalue weighted by Gasteiger charge is 2.16. The molecule has 4 aromatic rings. The number of benzene rings is 3. The van der Waals surface area contributed by atoms with E-state index in [1.54, 1.807) is 0 Å². The molecule has 0 saturated heterocycles. The molecule has 2 aliphatic rings. The van der Waals surface area contributed by atoms with Crippen molar-refractivity contribution in [1.29, 1.82) is 0 Å². The molecule has 1 unspecified atom stereocenters. The maximum Gasteiger partial charge on any atom is 0.0538 e. The highest BCUT2D eigenvalue weighted by Crippen LogP contribution is 2.37. The van der Waals surface area contributed by atoms with Crippen LogP contribution in [0.15, 0.2) is 120 Å². The van der Waals surface area contributed by atoms with Gasteiger partial charge < -0.3 is 4.57 Å². The van der Waals surface area contributed by atoms with Crippen LogP contribution in [-0.4, -0.2) is 4.57 Å². The quantitative estimate of drug-likeness (QED) is 0.270. The zero-order valence-corrected chi connectivity index (χ0v) is 19.9. The van der Waals surface area contributed by atoms with Crippen LogP contribution in [0, 0.1) is 0 Å². The summed E-state index contributed by atoms with van der Waals surface area (Å²) in [5, 5.41) is 2.62. The average molecular weight is 490 g/mol. The molecule has 0 bridgehead atoms. The molecular weight excluding hydrogens is 466 g/mol. The van der Waals surface area contributed by atoms with Crippen LogP contribution in [-0.2, 0) is 0 Å². The maximum absolute atomic E-state index is 3.54. The van der Waals surface area contributed by atoms with Crippen molar-refractivity contribution in [3.05, 3.63) is 131 Å². The third-order valence-electron chi connectivity index (χ3n) is 6.66. The van der Waals surface area contributed by atoms with Crippen molar-refractivity contribution in [3.8, 4) is 0 Å². The minimum absolute atomic E-state index is 0.441. The zero-order chi connectivity index (χ0) is 22.2. The second-order valence-corrected chi connectivity index (χ2v) is 9.59. The van der Waals surface area contributed by atoms with E-state index in [2.05, 4.69) is 136 Å². The third kappa shape index (κ3) is 3.75. The number of hydrogen-bond acceptors (Lipinski definition) is 0. The van der Waals surface area contributed by atoms with E-state index in [4.69, 9.17) is 0 Å². The van der Waals surface area contributed by atoms with Crippen LogP contribution in [0.2, 0.25) is 0 Å². The number of allylic oxidation sites excluding steroid dienone is 10. The summed E-state index contributed by atoms with van der Waals surface area (Å²) in [6, 6.07) is 24.4. The Kier molecular flexibility index (Phi) is 5.24. The van der Waals surface area contributed by atoms with Crippen LogP contribution < -0.4 is 0 Å². The summed E-state index contributed by atoms with van der Waals surface area (Å²) in [6.45, 7) is 0. The highest BCUT2D eigenvalue weighted by atomic mass is 79.9. The minimum atomic E-state index is 0.441. The third-order valence-corrected chi connectivity index (χ3v) is 7.19. The Bertz CT molecular complexity index is 1510. The summed E-state index contributed by atoms with van der Waals surface area (Å²) in [5.41, 5.74) is 7.79. The van der Waals surface area contributed by atoms with E-state index in [1.807, 2.05) is 0 Å². The van der Waals surface area contributed by atoms with E-state index < -0.39 is 0 Å². The Balaban J connectivity index is 1.40. The summed E-state index contributed by atoms with van der Waals surface area (Å²) in [6.07, 6.45) is 19.8. The van der Waals surface area contributed by atoms with E-state index in [-0.39, 0.29) is 0 Å². The second kappa shape index (κ2) is 8.53. The lowest BCUT2D eigenvalue weighted by molar-refractivity contribution is 0.856.